The Labute approximate surface area is 389 Å². The third kappa shape index (κ3) is 13.2. The lowest BCUT2D eigenvalue weighted by molar-refractivity contribution is -0.141. The van der Waals surface area contributed by atoms with Gasteiger partial charge in [0.1, 0.15) is 51.4 Å². The second-order valence-electron chi connectivity index (χ2n) is 16.8. The summed E-state index contributed by atoms with van der Waals surface area (Å²) in [6.45, 7) is 16.1. The van der Waals surface area contributed by atoms with Gasteiger partial charge < -0.3 is 29.4 Å². The summed E-state index contributed by atoms with van der Waals surface area (Å²) in [5.74, 6) is 2.74. The quantitative estimate of drug-likeness (QED) is 0.0998. The van der Waals surface area contributed by atoms with Gasteiger partial charge in [-0.3, -0.25) is 23.9 Å². The van der Waals surface area contributed by atoms with Crippen LogP contribution in [0.5, 0.6) is 11.5 Å². The molecule has 6 atom stereocenters. The molecule has 65 heavy (non-hydrogen) atoms. The molecule has 16 nitrogen and oxygen atoms in total. The second-order valence-corrected chi connectivity index (χ2v) is 19.1. The average Bonchev–Trinajstić information content (AvgIpc) is 4.09. The summed E-state index contributed by atoms with van der Waals surface area (Å²) in [5.41, 5.74) is 3.04. The Morgan fingerprint density at radius 1 is 1.03 bits per heavy atom. The predicted molar refractivity (Wildman–Crippen MR) is 253 cm³/mol. The number of aryl methyl sites for hydroxylation is 3. The van der Waals surface area contributed by atoms with Crippen LogP contribution in [0.4, 0.5) is 0 Å². The molecule has 0 radical (unpaired) electrons. The van der Waals surface area contributed by atoms with Gasteiger partial charge in [0.05, 0.1) is 30.1 Å². The SMILES string of the molecule is CC.CC[C@@]12C[C@H]1/C=C\CCCCC[C@H](NC=O)C(=O)N1C[C@H](Oc3cc(-c4nc(C(C)C)cs4)nc4c(C)c(OC)ccc34)CC1C(=O)N2.Cc1nnc(C)o1.O=CNS(=O)C1CC1. The predicted octanol–water partition coefficient (Wildman–Crippen LogP) is 7.34. The normalized spacial score (nSPS) is 23.8. The van der Waals surface area contributed by atoms with Gasteiger partial charge in [0.2, 0.25) is 36.4 Å². The van der Waals surface area contributed by atoms with E-state index in [0.29, 0.717) is 54.8 Å². The molecule has 4 aliphatic rings. The minimum atomic E-state index is -1.08. The minimum Gasteiger partial charge on any atom is -0.496 e. The molecule has 2 aliphatic heterocycles. The summed E-state index contributed by atoms with van der Waals surface area (Å²) in [6.07, 6.45) is 13.4. The lowest BCUT2D eigenvalue weighted by atomic mass is 10.1. The molecule has 2 unspecified atom stereocenters. The first-order valence-corrected chi connectivity index (χ1v) is 24.9. The molecular weight excluding hydrogens is 869 g/mol. The Balaban J connectivity index is 0.000000390. The summed E-state index contributed by atoms with van der Waals surface area (Å²) in [6, 6.07) is 4.34. The van der Waals surface area contributed by atoms with E-state index >= 15 is 0 Å². The first-order chi connectivity index (χ1) is 31.3. The van der Waals surface area contributed by atoms with Crippen LogP contribution in [0.2, 0.25) is 0 Å². The standard InChI is InChI=1S/C37H47N5O5S.C4H6N2O.C4H7NO2S.C2H6/c1-6-37-18-24(37)12-10-8-7-9-11-13-27(38-21-43)36(45)42-19-25(16-30(42)34(44)41-37)47-32-17-28(35-40-29(20-48-35)22(2)3)39-33-23(4)31(46-5)15-14-26(32)33;1-3-5-6-4(2)7-3;6-3-5-8(7)4-1-2-4;1-2/h10,12,14-15,17,20-22,24-25,27,30H,6-9,11,13,16,18-19H2,1-5H3,(H,38,43)(H,41,44);1-2H3;3-4H,1-2H2,(H,5,6);1-2H3/b12-10-;;;/t24-,25-,27+,30?,37-;;;/m1.../s1. The van der Waals surface area contributed by atoms with E-state index in [2.05, 4.69) is 63.9 Å². The Kier molecular flexibility index (Phi) is 18.6. The van der Waals surface area contributed by atoms with Gasteiger partial charge in [-0.25, -0.2) is 14.2 Å². The Bertz CT molecular complexity index is 2280. The molecule has 2 saturated carbocycles. The van der Waals surface area contributed by atoms with Crippen LogP contribution in [0, 0.1) is 26.7 Å². The highest BCUT2D eigenvalue weighted by atomic mass is 32.2. The maximum absolute atomic E-state index is 14.1. The Hall–Kier alpha value is -5.23. The number of fused-ring (bicyclic) bond motifs is 3. The zero-order valence-corrected chi connectivity index (χ0v) is 40.8. The van der Waals surface area contributed by atoms with Gasteiger partial charge in [0.15, 0.2) is 0 Å². The van der Waals surface area contributed by atoms with Crippen molar-refractivity contribution < 1.29 is 37.3 Å². The van der Waals surface area contributed by atoms with E-state index < -0.39 is 29.2 Å². The summed E-state index contributed by atoms with van der Waals surface area (Å²) < 4.78 is 30.0. The van der Waals surface area contributed by atoms with Crippen molar-refractivity contribution in [3.05, 3.63) is 58.8 Å². The number of amides is 4. The first-order valence-electron chi connectivity index (χ1n) is 22.8. The van der Waals surface area contributed by atoms with Crippen LogP contribution in [0.15, 0.2) is 40.1 Å². The largest absolute Gasteiger partial charge is 0.496 e. The lowest BCUT2D eigenvalue weighted by Gasteiger charge is -2.29. The number of benzene rings is 1. The third-order valence-electron chi connectivity index (χ3n) is 11.9. The van der Waals surface area contributed by atoms with Gasteiger partial charge in [-0.1, -0.05) is 59.6 Å². The van der Waals surface area contributed by atoms with E-state index in [1.165, 1.54) is 0 Å². The highest BCUT2D eigenvalue weighted by molar-refractivity contribution is 7.84. The molecule has 0 spiro atoms. The van der Waals surface area contributed by atoms with Gasteiger partial charge in [0, 0.05) is 54.1 Å². The van der Waals surface area contributed by atoms with Gasteiger partial charge in [-0.15, -0.1) is 21.5 Å². The number of hydrogen-bond donors (Lipinski definition) is 3. The van der Waals surface area contributed by atoms with E-state index in [1.807, 2.05) is 39.0 Å². The fourth-order valence-corrected chi connectivity index (χ4v) is 9.81. The molecule has 0 bridgehead atoms. The first kappa shape index (κ1) is 50.8. The van der Waals surface area contributed by atoms with Crippen LogP contribution >= 0.6 is 11.3 Å². The topological polar surface area (TPSA) is 208 Å². The van der Waals surface area contributed by atoms with Crippen molar-refractivity contribution in [3.8, 4) is 22.2 Å². The number of hydrogen-bond acceptors (Lipinski definition) is 13. The summed E-state index contributed by atoms with van der Waals surface area (Å²) in [7, 11) is 0.562. The van der Waals surface area contributed by atoms with Gasteiger partial charge >= 0.3 is 0 Å². The molecule has 4 amide bonds. The van der Waals surface area contributed by atoms with Crippen molar-refractivity contribution >= 4 is 57.9 Å². The van der Waals surface area contributed by atoms with E-state index in [1.54, 1.807) is 37.2 Å². The molecule has 1 aromatic carbocycles. The maximum atomic E-state index is 14.1. The van der Waals surface area contributed by atoms with Crippen molar-refractivity contribution in [2.24, 2.45) is 5.92 Å². The lowest BCUT2D eigenvalue weighted by Crippen LogP contribution is -2.54. The monoisotopic (exact) mass is 934 g/mol. The Morgan fingerprint density at radius 2 is 1.77 bits per heavy atom. The number of aromatic nitrogens is 4. The molecule has 2 aliphatic carbocycles. The molecule has 8 rings (SSSR count). The molecule has 3 aromatic heterocycles. The van der Waals surface area contributed by atoms with Gasteiger partial charge in [-0.2, -0.15) is 0 Å². The van der Waals surface area contributed by atoms with Crippen molar-refractivity contribution in [2.75, 3.05) is 13.7 Å². The smallest absolute Gasteiger partial charge is 0.245 e. The zero-order chi connectivity index (χ0) is 47.3. The average molecular weight is 935 g/mol. The maximum Gasteiger partial charge on any atom is 0.245 e. The van der Waals surface area contributed by atoms with Crippen LogP contribution in [-0.4, -0.2) is 96.5 Å². The molecule has 18 heteroatoms. The summed E-state index contributed by atoms with van der Waals surface area (Å²) >= 11 is 1.54. The van der Waals surface area contributed by atoms with Crippen LogP contribution in [0.3, 0.4) is 0 Å². The van der Waals surface area contributed by atoms with Crippen molar-refractivity contribution in [3.63, 3.8) is 0 Å². The van der Waals surface area contributed by atoms with E-state index in [9.17, 15) is 23.4 Å². The van der Waals surface area contributed by atoms with E-state index in [4.69, 9.17) is 23.9 Å². The number of carbonyl (C=O) groups is 4. The highest BCUT2D eigenvalue weighted by Gasteiger charge is 2.54. The number of ether oxygens (including phenoxy) is 2. The Morgan fingerprint density at radius 3 is 2.37 bits per heavy atom. The number of nitrogens with one attached hydrogen (secondary N) is 3. The fourth-order valence-electron chi connectivity index (χ4n) is 8.01. The van der Waals surface area contributed by atoms with E-state index in [-0.39, 0.29) is 35.1 Å². The second kappa shape index (κ2) is 23.8. The van der Waals surface area contributed by atoms with Crippen LogP contribution in [0.1, 0.15) is 128 Å². The number of carbonyl (C=O) groups excluding carboxylic acids is 4. The molecule has 3 fully saturated rings. The third-order valence-corrected chi connectivity index (χ3v) is 14.2. The minimum absolute atomic E-state index is 0.170. The zero-order valence-electron chi connectivity index (χ0n) is 39.2. The molecule has 5 heterocycles. The summed E-state index contributed by atoms with van der Waals surface area (Å²) in [5, 5.41) is 17.2. The van der Waals surface area contributed by atoms with Crippen LogP contribution < -0.4 is 24.8 Å². The molecule has 3 N–H and O–H groups in total. The molecular formula is C47H66N8O8S2. The molecule has 1 saturated heterocycles. The highest BCUT2D eigenvalue weighted by Crippen LogP contribution is 2.48. The number of allylic oxidation sites excluding steroid dienone is 1. The number of rotatable bonds is 11. The van der Waals surface area contributed by atoms with Gasteiger partial charge in [0.25, 0.3) is 0 Å². The molecule has 4 aromatic rings. The number of pyridine rings is 1. The van der Waals surface area contributed by atoms with Gasteiger partial charge in [-0.05, 0) is 69.9 Å². The van der Waals surface area contributed by atoms with Crippen molar-refractivity contribution in [1.29, 1.82) is 0 Å². The van der Waals surface area contributed by atoms with Crippen LogP contribution in [0.25, 0.3) is 21.6 Å². The van der Waals surface area contributed by atoms with E-state index in [0.717, 1.165) is 84.3 Å². The number of methoxy groups -OCH3 is 1. The van der Waals surface area contributed by atoms with Crippen molar-refractivity contribution in [1.82, 2.24) is 40.4 Å². The van der Waals surface area contributed by atoms with Crippen LogP contribution in [-0.2, 0) is 30.2 Å². The summed E-state index contributed by atoms with van der Waals surface area (Å²) in [4.78, 5) is 60.9. The number of thiazole rings is 1. The van der Waals surface area contributed by atoms with Crippen molar-refractivity contribution in [2.45, 2.75) is 154 Å². The fraction of sp³-hybridized carbons (Fsp3) is 0.574. The number of nitrogens with zero attached hydrogens (tertiary/aromatic N) is 5. The molecule has 354 valence electrons.